The number of allylic oxidation sites excluding steroid dienone is 1. The Morgan fingerprint density at radius 1 is 1.46 bits per heavy atom. The minimum absolute atomic E-state index is 0.0779. The molecule has 1 saturated heterocycles. The summed E-state index contributed by atoms with van der Waals surface area (Å²) in [6.45, 7) is 6.20. The van der Waals surface area contributed by atoms with Crippen molar-refractivity contribution in [2.45, 2.75) is 20.3 Å². The number of nitrogens with two attached hydrogens (primary N) is 1. The van der Waals surface area contributed by atoms with E-state index in [1.807, 2.05) is 12.1 Å². The first-order valence-corrected chi connectivity index (χ1v) is 8.95. The van der Waals surface area contributed by atoms with Gasteiger partial charge in [0, 0.05) is 35.4 Å². The summed E-state index contributed by atoms with van der Waals surface area (Å²) in [7, 11) is 0. The first-order valence-electron chi connectivity index (χ1n) is 8.16. The van der Waals surface area contributed by atoms with Crippen LogP contribution in [0, 0.1) is 10.8 Å². The van der Waals surface area contributed by atoms with Crippen LogP contribution in [0.3, 0.4) is 0 Å². The number of amidine groups is 1. The number of aromatic nitrogens is 1. The number of dihydropyridines is 1. The van der Waals surface area contributed by atoms with Crippen molar-refractivity contribution in [1.82, 2.24) is 4.98 Å². The summed E-state index contributed by atoms with van der Waals surface area (Å²) in [5.74, 6) is 0.679. The third-order valence-corrected chi connectivity index (χ3v) is 5.11. The molecule has 0 aromatic carbocycles. The molecular formula is C17H21BrN6O2. The lowest BCUT2D eigenvalue weighted by Crippen LogP contribution is -2.45. The third kappa shape index (κ3) is 3.63. The standard InChI is InChI=1S/C17H21BrN6O2/c1-9-11(13(19)14(20)16(22-9)24-25)5-10-3-4-12(18)15(23-10)21-6-17(2)7-26-8-17/h3-4,20,25H,5-8,19H2,1-2H3,(H,21,23)/b20-14?,24-16+. The average molecular weight is 421 g/mol. The Labute approximate surface area is 159 Å². The molecule has 3 rings (SSSR count). The van der Waals surface area contributed by atoms with Gasteiger partial charge in [0.2, 0.25) is 5.84 Å². The van der Waals surface area contributed by atoms with Crippen molar-refractivity contribution in [3.05, 3.63) is 33.6 Å². The molecule has 138 valence electrons. The first kappa shape index (κ1) is 18.5. The molecule has 8 nitrogen and oxygen atoms in total. The van der Waals surface area contributed by atoms with Crippen molar-refractivity contribution in [2.75, 3.05) is 25.1 Å². The van der Waals surface area contributed by atoms with Gasteiger partial charge in [-0.05, 0) is 35.0 Å². The molecule has 0 atom stereocenters. The van der Waals surface area contributed by atoms with Gasteiger partial charge in [-0.15, -0.1) is 0 Å². The molecule has 0 bridgehead atoms. The fraction of sp³-hybridized carbons (Fsp3) is 0.412. The van der Waals surface area contributed by atoms with Gasteiger partial charge in [0.25, 0.3) is 0 Å². The van der Waals surface area contributed by atoms with Gasteiger partial charge in [0.1, 0.15) is 11.5 Å². The Hall–Kier alpha value is -2.26. The molecule has 1 aromatic rings. The topological polar surface area (TPSA) is 129 Å². The van der Waals surface area contributed by atoms with Crippen molar-refractivity contribution >= 4 is 39.0 Å². The fourth-order valence-corrected chi connectivity index (χ4v) is 3.14. The molecule has 1 aromatic heterocycles. The summed E-state index contributed by atoms with van der Waals surface area (Å²) < 4.78 is 6.16. The van der Waals surface area contributed by atoms with Crippen molar-refractivity contribution in [2.24, 2.45) is 21.3 Å². The van der Waals surface area contributed by atoms with Gasteiger partial charge in [0.15, 0.2) is 0 Å². The van der Waals surface area contributed by atoms with Crippen LogP contribution >= 0.6 is 15.9 Å². The van der Waals surface area contributed by atoms with E-state index >= 15 is 0 Å². The maximum atomic E-state index is 8.92. The maximum absolute atomic E-state index is 8.92. The Balaban J connectivity index is 1.80. The summed E-state index contributed by atoms with van der Waals surface area (Å²) in [5.41, 5.74) is 8.48. The van der Waals surface area contributed by atoms with E-state index in [1.54, 1.807) is 6.92 Å². The lowest BCUT2D eigenvalue weighted by atomic mass is 9.89. The summed E-state index contributed by atoms with van der Waals surface area (Å²) in [5, 5.41) is 23.2. The number of nitrogens with one attached hydrogen (secondary N) is 2. The molecule has 0 radical (unpaired) electrons. The minimum Gasteiger partial charge on any atom is -0.409 e. The molecule has 3 heterocycles. The second-order valence-electron chi connectivity index (χ2n) is 6.85. The third-order valence-electron chi connectivity index (χ3n) is 4.47. The molecule has 0 aliphatic carbocycles. The van der Waals surface area contributed by atoms with Crippen LogP contribution in [0.2, 0.25) is 0 Å². The highest BCUT2D eigenvalue weighted by Crippen LogP contribution is 2.29. The normalized spacial score (nSPS) is 20.8. The number of oxime groups is 1. The van der Waals surface area contributed by atoms with E-state index in [9.17, 15) is 0 Å². The second-order valence-corrected chi connectivity index (χ2v) is 7.71. The largest absolute Gasteiger partial charge is 0.409 e. The summed E-state index contributed by atoms with van der Waals surface area (Å²) in [6.07, 6.45) is 0.435. The Morgan fingerprint density at radius 3 is 2.81 bits per heavy atom. The smallest absolute Gasteiger partial charge is 0.218 e. The van der Waals surface area contributed by atoms with Crippen molar-refractivity contribution in [1.29, 1.82) is 5.41 Å². The number of hydrogen-bond donors (Lipinski definition) is 4. The molecule has 0 spiro atoms. The van der Waals surface area contributed by atoms with Crippen LogP contribution in [-0.2, 0) is 11.2 Å². The zero-order chi connectivity index (χ0) is 18.9. The second kappa shape index (κ2) is 7.16. The number of hydrogen-bond acceptors (Lipinski definition) is 7. The van der Waals surface area contributed by atoms with Crippen LogP contribution in [0.4, 0.5) is 5.82 Å². The van der Waals surface area contributed by atoms with Crippen LogP contribution in [0.1, 0.15) is 19.5 Å². The minimum atomic E-state index is -0.0820. The Morgan fingerprint density at radius 2 is 2.19 bits per heavy atom. The number of halogens is 1. The number of ether oxygens (including phenoxy) is 1. The fourth-order valence-electron chi connectivity index (χ4n) is 2.78. The number of nitrogens with zero attached hydrogens (tertiary/aromatic N) is 3. The lowest BCUT2D eigenvalue weighted by Gasteiger charge is -2.38. The van der Waals surface area contributed by atoms with Crippen LogP contribution in [0.25, 0.3) is 0 Å². The monoisotopic (exact) mass is 420 g/mol. The molecule has 1 fully saturated rings. The van der Waals surface area contributed by atoms with Crippen molar-refractivity contribution in [3.63, 3.8) is 0 Å². The molecule has 9 heteroatoms. The molecule has 5 N–H and O–H groups in total. The molecule has 0 unspecified atom stereocenters. The van der Waals surface area contributed by atoms with Gasteiger partial charge < -0.3 is 21.0 Å². The van der Waals surface area contributed by atoms with E-state index in [1.165, 1.54) is 0 Å². The summed E-state index contributed by atoms with van der Waals surface area (Å²) >= 11 is 3.52. The van der Waals surface area contributed by atoms with E-state index in [4.69, 9.17) is 21.1 Å². The summed E-state index contributed by atoms with van der Waals surface area (Å²) in [4.78, 5) is 8.79. The van der Waals surface area contributed by atoms with Crippen LogP contribution in [0.15, 0.2) is 38.0 Å². The van der Waals surface area contributed by atoms with Gasteiger partial charge >= 0.3 is 0 Å². The van der Waals surface area contributed by atoms with Crippen LogP contribution in [-0.4, -0.2) is 47.2 Å². The Kier molecular flexibility index (Phi) is 5.10. The average Bonchev–Trinajstić information content (AvgIpc) is 2.60. The highest BCUT2D eigenvalue weighted by atomic mass is 79.9. The van der Waals surface area contributed by atoms with Gasteiger partial charge in [0.05, 0.1) is 23.4 Å². The molecule has 0 saturated carbocycles. The molecule has 26 heavy (non-hydrogen) atoms. The van der Waals surface area contributed by atoms with Gasteiger partial charge in [-0.25, -0.2) is 9.98 Å². The quantitative estimate of drug-likeness (QED) is 0.429. The van der Waals surface area contributed by atoms with E-state index in [0.717, 1.165) is 35.7 Å². The maximum Gasteiger partial charge on any atom is 0.218 e. The predicted octanol–water partition coefficient (Wildman–Crippen LogP) is 2.33. The number of aliphatic imine (C=N–C) groups is 1. The van der Waals surface area contributed by atoms with Crippen molar-refractivity contribution < 1.29 is 9.94 Å². The molecule has 0 amide bonds. The molecular weight excluding hydrogens is 400 g/mol. The number of anilines is 1. The highest BCUT2D eigenvalue weighted by Gasteiger charge is 2.33. The van der Waals surface area contributed by atoms with Gasteiger partial charge in [-0.1, -0.05) is 12.1 Å². The SMILES string of the molecule is CC1=N/C(=N/O)C(=N)C(N)=C1Cc1ccc(Br)c(NCC2(C)COC2)n1. The van der Waals surface area contributed by atoms with E-state index in [0.29, 0.717) is 17.7 Å². The van der Waals surface area contributed by atoms with E-state index < -0.39 is 0 Å². The van der Waals surface area contributed by atoms with Gasteiger partial charge in [-0.2, -0.15) is 0 Å². The zero-order valence-electron chi connectivity index (χ0n) is 14.6. The van der Waals surface area contributed by atoms with Gasteiger partial charge in [-0.3, -0.25) is 5.41 Å². The number of rotatable bonds is 5. The Bertz CT molecular complexity index is 842. The zero-order valence-corrected chi connectivity index (χ0v) is 16.2. The van der Waals surface area contributed by atoms with Crippen molar-refractivity contribution in [3.8, 4) is 0 Å². The van der Waals surface area contributed by atoms with E-state index in [2.05, 4.69) is 43.3 Å². The van der Waals surface area contributed by atoms with Crippen LogP contribution in [0.5, 0.6) is 0 Å². The van der Waals surface area contributed by atoms with E-state index in [-0.39, 0.29) is 22.7 Å². The molecule has 2 aliphatic rings. The summed E-state index contributed by atoms with van der Waals surface area (Å²) in [6, 6.07) is 3.83. The van der Waals surface area contributed by atoms with Crippen LogP contribution < -0.4 is 11.1 Å². The first-order chi connectivity index (χ1) is 12.3. The number of pyridine rings is 1. The molecule has 2 aliphatic heterocycles. The predicted molar refractivity (Wildman–Crippen MR) is 104 cm³/mol. The lowest BCUT2D eigenvalue weighted by molar-refractivity contribution is -0.0924. The highest BCUT2D eigenvalue weighted by molar-refractivity contribution is 9.10.